The van der Waals surface area contributed by atoms with Crippen molar-refractivity contribution >= 4 is 21.8 Å². The lowest BCUT2D eigenvalue weighted by molar-refractivity contribution is -0.143. The number of hydrogen-bond acceptors (Lipinski definition) is 4. The summed E-state index contributed by atoms with van der Waals surface area (Å²) in [5, 5.41) is 11.5. The second-order valence-electron chi connectivity index (χ2n) is 4.88. The average Bonchev–Trinajstić information content (AvgIpc) is 3.07. The molecule has 7 nitrogen and oxygen atoms in total. The van der Waals surface area contributed by atoms with Crippen LogP contribution in [0, 0.1) is 5.41 Å². The molecular weight excluding hydrogens is 260 g/mol. The number of carboxylic acids is 1. The quantitative estimate of drug-likeness (QED) is 0.708. The number of rotatable bonds is 3. The van der Waals surface area contributed by atoms with Gasteiger partial charge in [-0.2, -0.15) is 0 Å². The second kappa shape index (κ2) is 4.42. The Hall–Kier alpha value is -1.31. The zero-order valence-corrected chi connectivity index (χ0v) is 10.7. The molecule has 18 heavy (non-hydrogen) atoms. The minimum Gasteiger partial charge on any atom is -0.481 e. The van der Waals surface area contributed by atoms with E-state index in [1.165, 1.54) is 4.90 Å². The average molecular weight is 276 g/mol. The first-order valence-corrected chi connectivity index (χ1v) is 7.63. The lowest BCUT2D eigenvalue weighted by Crippen LogP contribution is -2.49. The van der Waals surface area contributed by atoms with Crippen LogP contribution in [0.2, 0.25) is 0 Å². The number of aliphatic carboxylic acids is 1. The molecule has 0 unspecified atom stereocenters. The van der Waals surface area contributed by atoms with Gasteiger partial charge in [-0.1, -0.05) is 0 Å². The molecule has 0 radical (unpaired) electrons. The van der Waals surface area contributed by atoms with Crippen molar-refractivity contribution in [2.24, 2.45) is 5.41 Å². The molecule has 0 aromatic heterocycles. The molecule has 0 spiro atoms. The minimum absolute atomic E-state index is 0.0233. The highest BCUT2D eigenvalue weighted by atomic mass is 32.2. The molecule has 0 aromatic carbocycles. The first kappa shape index (κ1) is 13.1. The van der Waals surface area contributed by atoms with Gasteiger partial charge in [0, 0.05) is 19.6 Å². The fourth-order valence-corrected chi connectivity index (χ4v) is 3.09. The van der Waals surface area contributed by atoms with Crippen molar-refractivity contribution in [1.82, 2.24) is 10.2 Å². The van der Waals surface area contributed by atoms with Crippen LogP contribution >= 0.6 is 0 Å². The minimum atomic E-state index is -3.01. The number of hydrogen-bond donors (Lipinski definition) is 2. The molecule has 1 saturated carbocycles. The Balaban J connectivity index is 1.81. The van der Waals surface area contributed by atoms with Crippen LogP contribution in [0.1, 0.15) is 12.8 Å². The van der Waals surface area contributed by atoms with Crippen molar-refractivity contribution in [3.63, 3.8) is 0 Å². The van der Waals surface area contributed by atoms with Crippen LogP contribution in [-0.4, -0.2) is 61.6 Å². The lowest BCUT2D eigenvalue weighted by Gasteiger charge is -2.27. The van der Waals surface area contributed by atoms with Crippen LogP contribution in [0.15, 0.2) is 0 Å². The normalized spacial score (nSPS) is 24.3. The predicted molar refractivity (Wildman–Crippen MR) is 62.9 cm³/mol. The van der Waals surface area contributed by atoms with Gasteiger partial charge in [0.1, 0.15) is 0 Å². The summed E-state index contributed by atoms with van der Waals surface area (Å²) in [5.41, 5.74) is -0.794. The van der Waals surface area contributed by atoms with Gasteiger partial charge in [0.15, 0.2) is 9.84 Å². The predicted octanol–water partition coefficient (Wildman–Crippen LogP) is -0.709. The molecule has 1 heterocycles. The molecule has 1 aliphatic heterocycles. The van der Waals surface area contributed by atoms with Crippen molar-refractivity contribution < 1.29 is 23.1 Å². The van der Waals surface area contributed by atoms with Gasteiger partial charge < -0.3 is 15.3 Å². The summed E-state index contributed by atoms with van der Waals surface area (Å²) >= 11 is 0. The van der Waals surface area contributed by atoms with E-state index in [9.17, 15) is 18.0 Å². The van der Waals surface area contributed by atoms with Crippen molar-refractivity contribution in [2.75, 3.05) is 31.1 Å². The molecular formula is C10H16N2O5S. The maximum Gasteiger partial charge on any atom is 0.317 e. The highest BCUT2D eigenvalue weighted by molar-refractivity contribution is 7.91. The molecule has 2 fully saturated rings. The number of carboxylic acid groups (broad SMARTS) is 1. The van der Waals surface area contributed by atoms with Crippen molar-refractivity contribution in [3.8, 4) is 0 Å². The Morgan fingerprint density at radius 2 is 1.78 bits per heavy atom. The van der Waals surface area contributed by atoms with Gasteiger partial charge in [-0.15, -0.1) is 0 Å². The molecule has 2 rings (SSSR count). The van der Waals surface area contributed by atoms with Crippen LogP contribution < -0.4 is 5.32 Å². The van der Waals surface area contributed by atoms with E-state index >= 15 is 0 Å². The number of carbonyl (C=O) groups is 2. The van der Waals surface area contributed by atoms with Crippen molar-refractivity contribution in [1.29, 1.82) is 0 Å². The Kier molecular flexibility index (Phi) is 3.22. The molecule has 2 N–H and O–H groups in total. The summed E-state index contributed by atoms with van der Waals surface area (Å²) in [6.45, 7) is 0.465. The Morgan fingerprint density at radius 1 is 1.22 bits per heavy atom. The van der Waals surface area contributed by atoms with Gasteiger partial charge >= 0.3 is 12.0 Å². The summed E-state index contributed by atoms with van der Waals surface area (Å²) in [6.07, 6.45) is 1.16. The molecule has 2 amide bonds. The van der Waals surface area contributed by atoms with Crippen molar-refractivity contribution in [2.45, 2.75) is 12.8 Å². The standard InChI is InChI=1S/C10H16N2O5S/c13-8(14)10(1-2-10)7-11-9(15)12-3-5-18(16,17)6-4-12/h1-7H2,(H,11,15)(H,13,14). The van der Waals surface area contributed by atoms with Gasteiger partial charge in [-0.25, -0.2) is 13.2 Å². The topological polar surface area (TPSA) is 104 Å². The van der Waals surface area contributed by atoms with Gasteiger partial charge in [0.05, 0.1) is 16.9 Å². The fraction of sp³-hybridized carbons (Fsp3) is 0.800. The zero-order chi connectivity index (χ0) is 13.4. The van der Waals surface area contributed by atoms with Gasteiger partial charge in [0.25, 0.3) is 0 Å². The highest BCUT2D eigenvalue weighted by Gasteiger charge is 2.50. The van der Waals surface area contributed by atoms with Gasteiger partial charge in [-0.05, 0) is 12.8 Å². The first-order chi connectivity index (χ1) is 8.35. The van der Waals surface area contributed by atoms with E-state index < -0.39 is 21.2 Å². The fourth-order valence-electron chi connectivity index (χ4n) is 1.89. The number of carbonyl (C=O) groups excluding carboxylic acids is 1. The smallest absolute Gasteiger partial charge is 0.317 e. The third kappa shape index (κ3) is 2.74. The largest absolute Gasteiger partial charge is 0.481 e. The van der Waals surface area contributed by atoms with Gasteiger partial charge in [0.2, 0.25) is 0 Å². The number of nitrogens with zero attached hydrogens (tertiary/aromatic N) is 1. The van der Waals surface area contributed by atoms with Crippen LogP contribution in [0.25, 0.3) is 0 Å². The molecule has 0 aromatic rings. The van der Waals surface area contributed by atoms with E-state index in [1.807, 2.05) is 0 Å². The second-order valence-corrected chi connectivity index (χ2v) is 7.19. The molecule has 2 aliphatic rings. The Labute approximate surface area is 105 Å². The van der Waals surface area contributed by atoms with Crippen LogP contribution in [0.3, 0.4) is 0 Å². The van der Waals surface area contributed by atoms with Crippen LogP contribution in [0.4, 0.5) is 4.79 Å². The maximum absolute atomic E-state index is 11.7. The van der Waals surface area contributed by atoms with E-state index in [4.69, 9.17) is 5.11 Å². The van der Waals surface area contributed by atoms with E-state index in [2.05, 4.69) is 5.32 Å². The van der Waals surface area contributed by atoms with Crippen molar-refractivity contribution in [3.05, 3.63) is 0 Å². The van der Waals surface area contributed by atoms with E-state index in [0.717, 1.165) is 0 Å². The summed E-state index contributed by atoms with van der Waals surface area (Å²) in [6, 6.07) is -0.377. The third-order valence-corrected chi connectivity index (χ3v) is 5.13. The lowest BCUT2D eigenvalue weighted by atomic mass is 10.1. The Bertz CT molecular complexity index is 455. The Morgan fingerprint density at radius 3 is 2.22 bits per heavy atom. The summed E-state index contributed by atoms with van der Waals surface area (Å²) in [7, 11) is -3.01. The molecule has 1 saturated heterocycles. The van der Waals surface area contributed by atoms with E-state index in [1.54, 1.807) is 0 Å². The highest BCUT2D eigenvalue weighted by Crippen LogP contribution is 2.45. The molecule has 102 valence electrons. The van der Waals surface area contributed by atoms with Crippen LogP contribution in [0.5, 0.6) is 0 Å². The molecule has 1 aliphatic carbocycles. The summed E-state index contributed by atoms with van der Waals surface area (Å²) in [5.74, 6) is -0.932. The maximum atomic E-state index is 11.7. The number of sulfone groups is 1. The number of nitrogens with one attached hydrogen (secondary N) is 1. The zero-order valence-electron chi connectivity index (χ0n) is 9.89. The number of amides is 2. The summed E-state index contributed by atoms with van der Waals surface area (Å²) in [4.78, 5) is 24.1. The van der Waals surface area contributed by atoms with Gasteiger partial charge in [-0.3, -0.25) is 4.79 Å². The van der Waals surface area contributed by atoms with E-state index in [0.29, 0.717) is 12.8 Å². The van der Waals surface area contributed by atoms with Crippen LogP contribution in [-0.2, 0) is 14.6 Å². The first-order valence-electron chi connectivity index (χ1n) is 5.81. The monoisotopic (exact) mass is 276 g/mol. The molecule has 0 bridgehead atoms. The molecule has 8 heteroatoms. The summed E-state index contributed by atoms with van der Waals surface area (Å²) < 4.78 is 22.4. The third-order valence-electron chi connectivity index (χ3n) is 3.52. The van der Waals surface area contributed by atoms with E-state index in [-0.39, 0.29) is 37.2 Å². The SMILES string of the molecule is O=C(NCC1(C(=O)O)CC1)N1CCS(=O)(=O)CC1. The molecule has 0 atom stereocenters. The number of urea groups is 1.